The Bertz CT molecular complexity index is 477. The molecule has 0 saturated heterocycles. The molecule has 0 radical (unpaired) electrons. The largest absolute Gasteiger partial charge is 0.490 e. The Labute approximate surface area is 111 Å². The minimum Gasteiger partial charge on any atom is -0.490 e. The Kier molecular flexibility index (Phi) is 4.69. The predicted octanol–water partition coefficient (Wildman–Crippen LogP) is 1.84. The quantitative estimate of drug-likeness (QED) is 0.768. The zero-order valence-electron chi connectivity index (χ0n) is 11.0. The molecule has 1 amide bonds. The first-order chi connectivity index (χ1) is 8.86. The van der Waals surface area contributed by atoms with Crippen LogP contribution in [0.1, 0.15) is 24.2 Å². The molecule has 1 rings (SSSR count). The monoisotopic (exact) mass is 263 g/mol. The maximum atomic E-state index is 11.9. The highest BCUT2D eigenvalue weighted by atomic mass is 16.5. The first kappa shape index (κ1) is 14.8. The van der Waals surface area contributed by atoms with Crippen LogP contribution in [0.3, 0.4) is 0 Å². The van der Waals surface area contributed by atoms with Crippen LogP contribution in [0.2, 0.25) is 0 Å². The molecule has 0 unspecified atom stereocenters. The second kappa shape index (κ2) is 6.04. The lowest BCUT2D eigenvalue weighted by molar-refractivity contribution is -0.143. The van der Waals surface area contributed by atoms with Gasteiger partial charge < -0.3 is 15.2 Å². The lowest BCUT2D eigenvalue weighted by atomic mass is 10.1. The number of hydrogen-bond donors (Lipinski definition) is 2. The molecule has 0 spiro atoms. The number of amides is 1. The molecule has 0 aromatic heterocycles. The lowest BCUT2D eigenvalue weighted by Gasteiger charge is -2.20. The van der Waals surface area contributed by atoms with E-state index in [1.807, 2.05) is 0 Å². The van der Waals surface area contributed by atoms with Crippen LogP contribution in [0.25, 0.3) is 0 Å². The number of hydrogen-bond acceptors (Lipinski definition) is 3. The molecule has 5 heteroatoms. The molecule has 0 aliphatic rings. The number of benzene rings is 1. The molecule has 0 aliphatic heterocycles. The third-order valence-corrected chi connectivity index (χ3v) is 2.45. The zero-order valence-corrected chi connectivity index (χ0v) is 11.0. The fourth-order valence-electron chi connectivity index (χ4n) is 1.27. The van der Waals surface area contributed by atoms with Crippen molar-refractivity contribution in [1.82, 2.24) is 5.32 Å². The van der Waals surface area contributed by atoms with Crippen LogP contribution in [0, 0.1) is 0 Å². The summed E-state index contributed by atoms with van der Waals surface area (Å²) >= 11 is 0. The Morgan fingerprint density at radius 2 is 1.95 bits per heavy atom. The van der Waals surface area contributed by atoms with Crippen molar-refractivity contribution in [1.29, 1.82) is 0 Å². The minimum atomic E-state index is -1.31. The summed E-state index contributed by atoms with van der Waals surface area (Å²) in [5.41, 5.74) is -0.935. The molecule has 1 aromatic rings. The highest BCUT2D eigenvalue weighted by molar-refractivity contribution is 5.97. The minimum absolute atomic E-state index is 0.375. The molecule has 0 fully saturated rings. The van der Waals surface area contributed by atoms with Crippen LogP contribution in [-0.4, -0.2) is 29.1 Å². The van der Waals surface area contributed by atoms with Crippen molar-refractivity contribution in [2.24, 2.45) is 0 Å². The van der Waals surface area contributed by atoms with Gasteiger partial charge in [0.05, 0.1) is 0 Å². The third-order valence-electron chi connectivity index (χ3n) is 2.45. The molecular formula is C14H17NO4. The molecule has 102 valence electrons. The molecular weight excluding hydrogens is 246 g/mol. The predicted molar refractivity (Wildman–Crippen MR) is 71.3 cm³/mol. The molecule has 0 aliphatic carbocycles. The van der Waals surface area contributed by atoms with Gasteiger partial charge in [0.1, 0.15) is 17.9 Å². The topological polar surface area (TPSA) is 75.6 Å². The summed E-state index contributed by atoms with van der Waals surface area (Å²) in [5.74, 6) is -0.914. The van der Waals surface area contributed by atoms with Crippen molar-refractivity contribution in [3.8, 4) is 5.75 Å². The SMILES string of the molecule is C=CCOc1ccc(C(=O)NC(C)(C)C(=O)O)cc1. The van der Waals surface area contributed by atoms with Gasteiger partial charge in [-0.15, -0.1) is 0 Å². The lowest BCUT2D eigenvalue weighted by Crippen LogP contribution is -2.49. The molecule has 1 aromatic carbocycles. The summed E-state index contributed by atoms with van der Waals surface area (Å²) in [6.07, 6.45) is 1.62. The van der Waals surface area contributed by atoms with Crippen molar-refractivity contribution in [3.05, 3.63) is 42.5 Å². The van der Waals surface area contributed by atoms with E-state index >= 15 is 0 Å². The van der Waals surface area contributed by atoms with E-state index in [1.165, 1.54) is 13.8 Å². The van der Waals surface area contributed by atoms with Crippen molar-refractivity contribution in [2.75, 3.05) is 6.61 Å². The van der Waals surface area contributed by atoms with Crippen molar-refractivity contribution >= 4 is 11.9 Å². The van der Waals surface area contributed by atoms with Crippen molar-refractivity contribution in [2.45, 2.75) is 19.4 Å². The van der Waals surface area contributed by atoms with Crippen molar-refractivity contribution in [3.63, 3.8) is 0 Å². The van der Waals surface area contributed by atoms with E-state index in [2.05, 4.69) is 11.9 Å². The number of carbonyl (C=O) groups excluding carboxylic acids is 1. The Morgan fingerprint density at radius 3 is 2.42 bits per heavy atom. The zero-order chi connectivity index (χ0) is 14.5. The van der Waals surface area contributed by atoms with E-state index in [1.54, 1.807) is 30.3 Å². The van der Waals surface area contributed by atoms with Crippen LogP contribution in [-0.2, 0) is 4.79 Å². The fraction of sp³-hybridized carbons (Fsp3) is 0.286. The number of carboxylic acid groups (broad SMARTS) is 1. The average molecular weight is 263 g/mol. The molecule has 2 N–H and O–H groups in total. The number of carbonyl (C=O) groups is 2. The molecule has 0 saturated carbocycles. The van der Waals surface area contributed by atoms with Gasteiger partial charge >= 0.3 is 5.97 Å². The van der Waals surface area contributed by atoms with Gasteiger partial charge in [-0.05, 0) is 38.1 Å². The number of carboxylic acids is 1. The second-order valence-electron chi connectivity index (χ2n) is 4.51. The summed E-state index contributed by atoms with van der Waals surface area (Å²) in [4.78, 5) is 22.8. The van der Waals surface area contributed by atoms with Crippen molar-refractivity contribution < 1.29 is 19.4 Å². The van der Waals surface area contributed by atoms with Crippen LogP contribution < -0.4 is 10.1 Å². The number of ether oxygens (including phenoxy) is 1. The molecule has 19 heavy (non-hydrogen) atoms. The molecule has 0 bridgehead atoms. The van der Waals surface area contributed by atoms with Crippen LogP contribution in [0.4, 0.5) is 0 Å². The van der Waals surface area contributed by atoms with Gasteiger partial charge in [-0.1, -0.05) is 12.7 Å². The maximum Gasteiger partial charge on any atom is 0.328 e. The standard InChI is InChI=1S/C14H17NO4/c1-4-9-19-11-7-5-10(6-8-11)12(16)15-14(2,3)13(17)18/h4-8H,1,9H2,2-3H3,(H,15,16)(H,17,18). The number of nitrogens with one attached hydrogen (secondary N) is 1. The first-order valence-corrected chi connectivity index (χ1v) is 5.76. The Hall–Kier alpha value is -2.30. The Balaban J connectivity index is 2.73. The van der Waals surface area contributed by atoms with Gasteiger partial charge in [-0.3, -0.25) is 4.79 Å². The van der Waals surface area contributed by atoms with Gasteiger partial charge in [-0.2, -0.15) is 0 Å². The molecule has 5 nitrogen and oxygen atoms in total. The van der Waals surface area contributed by atoms with Gasteiger partial charge in [0.2, 0.25) is 0 Å². The van der Waals surface area contributed by atoms with E-state index in [0.29, 0.717) is 17.9 Å². The van der Waals surface area contributed by atoms with E-state index in [0.717, 1.165) is 0 Å². The number of rotatable bonds is 6. The average Bonchev–Trinajstić information content (AvgIpc) is 2.36. The highest BCUT2D eigenvalue weighted by Crippen LogP contribution is 2.13. The summed E-state index contributed by atoms with van der Waals surface area (Å²) in [7, 11) is 0. The first-order valence-electron chi connectivity index (χ1n) is 5.76. The summed E-state index contributed by atoms with van der Waals surface area (Å²) in [6.45, 7) is 6.77. The van der Waals surface area contributed by atoms with Gasteiger partial charge in [-0.25, -0.2) is 4.79 Å². The van der Waals surface area contributed by atoms with Gasteiger partial charge in [0.15, 0.2) is 0 Å². The molecule has 0 heterocycles. The molecule has 0 atom stereocenters. The smallest absolute Gasteiger partial charge is 0.328 e. The van der Waals surface area contributed by atoms with E-state index < -0.39 is 17.4 Å². The maximum absolute atomic E-state index is 11.9. The van der Waals surface area contributed by atoms with Crippen LogP contribution >= 0.6 is 0 Å². The summed E-state index contributed by atoms with van der Waals surface area (Å²) in [6, 6.07) is 6.44. The fourth-order valence-corrected chi connectivity index (χ4v) is 1.27. The highest BCUT2D eigenvalue weighted by Gasteiger charge is 2.29. The van der Waals surface area contributed by atoms with Crippen LogP contribution in [0.15, 0.2) is 36.9 Å². The Morgan fingerprint density at radius 1 is 1.37 bits per heavy atom. The van der Waals surface area contributed by atoms with Gasteiger partial charge in [0, 0.05) is 5.56 Å². The second-order valence-corrected chi connectivity index (χ2v) is 4.51. The summed E-state index contributed by atoms with van der Waals surface area (Å²) < 4.78 is 5.29. The number of aliphatic carboxylic acids is 1. The third kappa shape index (κ3) is 4.13. The summed E-state index contributed by atoms with van der Waals surface area (Å²) in [5, 5.41) is 11.4. The van der Waals surface area contributed by atoms with Crippen LogP contribution in [0.5, 0.6) is 5.75 Å². The normalized spacial score (nSPS) is 10.6. The van der Waals surface area contributed by atoms with E-state index in [4.69, 9.17) is 9.84 Å². The van der Waals surface area contributed by atoms with Gasteiger partial charge in [0.25, 0.3) is 5.91 Å². The van der Waals surface area contributed by atoms with E-state index in [9.17, 15) is 9.59 Å². The van der Waals surface area contributed by atoms with E-state index in [-0.39, 0.29) is 0 Å².